The number of para-hydroxylation sites is 1. The Hall–Kier alpha value is -1.33. The van der Waals surface area contributed by atoms with Crippen LogP contribution in [-0.4, -0.2) is 0 Å². The summed E-state index contributed by atoms with van der Waals surface area (Å²) in [6.07, 6.45) is 0. The SMILES string of the molecule is NNC(c1cc2cccc(Cl)c2o1)c1cccs1. The van der Waals surface area contributed by atoms with Crippen LogP contribution in [0.25, 0.3) is 11.0 Å². The van der Waals surface area contributed by atoms with Crippen molar-refractivity contribution in [3.05, 3.63) is 57.4 Å². The van der Waals surface area contributed by atoms with Crippen LogP contribution in [0, 0.1) is 0 Å². The number of hydrogen-bond acceptors (Lipinski definition) is 4. The Kier molecular flexibility index (Phi) is 3.09. The topological polar surface area (TPSA) is 51.2 Å². The highest BCUT2D eigenvalue weighted by Crippen LogP contribution is 2.32. The van der Waals surface area contributed by atoms with Gasteiger partial charge in [0.15, 0.2) is 5.58 Å². The molecule has 3 N–H and O–H groups in total. The molecule has 0 fully saturated rings. The molecule has 3 aromatic rings. The molecular formula is C13H11ClN2OS. The molecular weight excluding hydrogens is 268 g/mol. The largest absolute Gasteiger partial charge is 0.457 e. The maximum atomic E-state index is 6.10. The summed E-state index contributed by atoms with van der Waals surface area (Å²) in [5, 5.41) is 3.60. The lowest BCUT2D eigenvalue weighted by molar-refractivity contribution is 0.481. The molecule has 3 nitrogen and oxygen atoms in total. The minimum absolute atomic E-state index is 0.145. The first-order valence-corrected chi connectivity index (χ1v) is 6.73. The first kappa shape index (κ1) is 11.7. The zero-order valence-corrected chi connectivity index (χ0v) is 11.0. The summed E-state index contributed by atoms with van der Waals surface area (Å²) in [4.78, 5) is 1.10. The Bertz CT molecular complexity index is 663. The number of rotatable bonds is 3. The Morgan fingerprint density at radius 2 is 2.17 bits per heavy atom. The summed E-state index contributed by atoms with van der Waals surface area (Å²) in [7, 11) is 0. The van der Waals surface area contributed by atoms with Gasteiger partial charge in [0, 0.05) is 10.3 Å². The standard InChI is InChI=1S/C13H11ClN2OS/c14-9-4-1-3-8-7-10(17-13(8)9)12(16-15)11-5-2-6-18-11/h1-7,12,16H,15H2. The average molecular weight is 279 g/mol. The third-order valence-electron chi connectivity index (χ3n) is 2.79. The number of nitrogens with one attached hydrogen (secondary N) is 1. The van der Waals surface area contributed by atoms with Crippen molar-refractivity contribution in [2.45, 2.75) is 6.04 Å². The fourth-order valence-corrected chi connectivity index (χ4v) is 2.96. The van der Waals surface area contributed by atoms with E-state index in [2.05, 4.69) is 5.43 Å². The van der Waals surface area contributed by atoms with E-state index in [1.165, 1.54) is 0 Å². The van der Waals surface area contributed by atoms with Gasteiger partial charge >= 0.3 is 0 Å². The van der Waals surface area contributed by atoms with Gasteiger partial charge in [-0.05, 0) is 23.6 Å². The van der Waals surface area contributed by atoms with E-state index in [1.807, 2.05) is 41.8 Å². The predicted molar refractivity (Wildman–Crippen MR) is 74.7 cm³/mol. The monoisotopic (exact) mass is 278 g/mol. The predicted octanol–water partition coefficient (Wildman–Crippen LogP) is 3.70. The molecule has 0 aliphatic carbocycles. The van der Waals surface area contributed by atoms with Gasteiger partial charge in [-0.1, -0.05) is 29.8 Å². The van der Waals surface area contributed by atoms with E-state index in [9.17, 15) is 0 Å². The quantitative estimate of drug-likeness (QED) is 0.567. The third kappa shape index (κ3) is 1.93. The van der Waals surface area contributed by atoms with Crippen molar-refractivity contribution in [1.82, 2.24) is 5.43 Å². The van der Waals surface area contributed by atoms with E-state index in [-0.39, 0.29) is 6.04 Å². The average Bonchev–Trinajstić information content (AvgIpc) is 3.00. The van der Waals surface area contributed by atoms with Crippen LogP contribution < -0.4 is 11.3 Å². The molecule has 0 radical (unpaired) electrons. The van der Waals surface area contributed by atoms with E-state index in [1.54, 1.807) is 11.3 Å². The first-order chi connectivity index (χ1) is 8.79. The molecule has 0 bridgehead atoms. The van der Waals surface area contributed by atoms with Crippen LogP contribution in [0.5, 0.6) is 0 Å². The first-order valence-electron chi connectivity index (χ1n) is 5.47. The van der Waals surface area contributed by atoms with E-state index in [4.69, 9.17) is 21.9 Å². The van der Waals surface area contributed by atoms with Gasteiger partial charge in [-0.15, -0.1) is 11.3 Å². The molecule has 3 rings (SSSR count). The molecule has 18 heavy (non-hydrogen) atoms. The summed E-state index contributed by atoms with van der Waals surface area (Å²) >= 11 is 7.73. The van der Waals surface area contributed by atoms with Crippen molar-refractivity contribution in [3.63, 3.8) is 0 Å². The van der Waals surface area contributed by atoms with Gasteiger partial charge < -0.3 is 4.42 Å². The number of hydrazine groups is 1. The number of nitrogens with two attached hydrogens (primary N) is 1. The van der Waals surface area contributed by atoms with E-state index in [0.29, 0.717) is 10.6 Å². The molecule has 0 aliphatic rings. The maximum absolute atomic E-state index is 6.10. The zero-order valence-electron chi connectivity index (χ0n) is 9.39. The smallest absolute Gasteiger partial charge is 0.152 e. The Morgan fingerprint density at radius 3 is 2.83 bits per heavy atom. The Morgan fingerprint density at radius 1 is 1.28 bits per heavy atom. The Balaban J connectivity index is 2.11. The molecule has 5 heteroatoms. The summed E-state index contributed by atoms with van der Waals surface area (Å²) in [6, 6.07) is 11.5. The van der Waals surface area contributed by atoms with Gasteiger partial charge in [0.1, 0.15) is 11.8 Å². The van der Waals surface area contributed by atoms with Crippen LogP contribution in [0.15, 0.2) is 46.2 Å². The molecule has 1 atom stereocenters. The number of furan rings is 1. The second-order valence-electron chi connectivity index (χ2n) is 3.92. The third-order valence-corrected chi connectivity index (χ3v) is 4.03. The van der Waals surface area contributed by atoms with Crippen molar-refractivity contribution in [2.24, 2.45) is 5.84 Å². The summed E-state index contributed by atoms with van der Waals surface area (Å²) in [6.45, 7) is 0. The highest BCUT2D eigenvalue weighted by molar-refractivity contribution is 7.10. The van der Waals surface area contributed by atoms with Crippen LogP contribution in [-0.2, 0) is 0 Å². The molecule has 92 valence electrons. The second-order valence-corrected chi connectivity index (χ2v) is 5.31. The Labute approximate surface area is 113 Å². The van der Waals surface area contributed by atoms with Crippen LogP contribution >= 0.6 is 22.9 Å². The van der Waals surface area contributed by atoms with Gasteiger partial charge in [0.25, 0.3) is 0 Å². The van der Waals surface area contributed by atoms with Crippen molar-refractivity contribution in [3.8, 4) is 0 Å². The minimum atomic E-state index is -0.145. The highest BCUT2D eigenvalue weighted by Gasteiger charge is 2.18. The molecule has 0 aliphatic heterocycles. The van der Waals surface area contributed by atoms with Gasteiger partial charge in [-0.25, -0.2) is 5.43 Å². The van der Waals surface area contributed by atoms with Gasteiger partial charge in [-0.3, -0.25) is 5.84 Å². The van der Waals surface area contributed by atoms with Crippen molar-refractivity contribution < 1.29 is 4.42 Å². The van der Waals surface area contributed by atoms with Crippen molar-refractivity contribution in [2.75, 3.05) is 0 Å². The van der Waals surface area contributed by atoms with Gasteiger partial charge in [-0.2, -0.15) is 0 Å². The number of halogens is 1. The van der Waals surface area contributed by atoms with Gasteiger partial charge in [0.2, 0.25) is 0 Å². The summed E-state index contributed by atoms with van der Waals surface area (Å²) in [5.74, 6) is 6.39. The highest BCUT2D eigenvalue weighted by atomic mass is 35.5. The number of benzene rings is 1. The minimum Gasteiger partial charge on any atom is -0.457 e. The molecule has 1 unspecified atom stereocenters. The van der Waals surface area contributed by atoms with Crippen LogP contribution in [0.3, 0.4) is 0 Å². The van der Waals surface area contributed by atoms with Crippen molar-refractivity contribution in [1.29, 1.82) is 0 Å². The van der Waals surface area contributed by atoms with Crippen LogP contribution in [0.1, 0.15) is 16.7 Å². The number of fused-ring (bicyclic) bond motifs is 1. The molecule has 0 spiro atoms. The van der Waals surface area contributed by atoms with E-state index < -0.39 is 0 Å². The number of hydrogen-bond donors (Lipinski definition) is 2. The fraction of sp³-hybridized carbons (Fsp3) is 0.0769. The van der Waals surface area contributed by atoms with Crippen LogP contribution in [0.4, 0.5) is 0 Å². The van der Waals surface area contributed by atoms with E-state index >= 15 is 0 Å². The van der Waals surface area contributed by atoms with Crippen molar-refractivity contribution >= 4 is 33.9 Å². The summed E-state index contributed by atoms with van der Waals surface area (Å²) in [5.41, 5.74) is 3.47. The lowest BCUT2D eigenvalue weighted by atomic mass is 10.2. The molecule has 2 aromatic heterocycles. The van der Waals surface area contributed by atoms with E-state index in [0.717, 1.165) is 16.0 Å². The lowest BCUT2D eigenvalue weighted by Crippen LogP contribution is -2.27. The molecule has 1 aromatic carbocycles. The molecule has 2 heterocycles. The van der Waals surface area contributed by atoms with Gasteiger partial charge in [0.05, 0.1) is 5.02 Å². The maximum Gasteiger partial charge on any atom is 0.152 e. The normalized spacial score (nSPS) is 13.0. The second kappa shape index (κ2) is 4.74. The molecule has 0 saturated carbocycles. The fourth-order valence-electron chi connectivity index (χ4n) is 1.95. The lowest BCUT2D eigenvalue weighted by Gasteiger charge is -2.10. The van der Waals surface area contributed by atoms with Crippen LogP contribution in [0.2, 0.25) is 5.02 Å². The summed E-state index contributed by atoms with van der Waals surface area (Å²) < 4.78 is 5.81. The number of thiophene rings is 1. The molecule has 0 saturated heterocycles. The molecule has 0 amide bonds. The zero-order chi connectivity index (χ0) is 12.5.